The zero-order valence-corrected chi connectivity index (χ0v) is 16.7. The summed E-state index contributed by atoms with van der Waals surface area (Å²) in [5.41, 5.74) is 4.88. The van der Waals surface area contributed by atoms with E-state index >= 15 is 0 Å². The number of likely N-dealkylation sites (tertiary alicyclic amines) is 1. The highest BCUT2D eigenvalue weighted by atomic mass is 35.5. The Hall–Kier alpha value is -1.30. The number of nitrogens with zero attached hydrogens (tertiary/aromatic N) is 1. The number of primary amides is 1. The van der Waals surface area contributed by atoms with Gasteiger partial charge in [0, 0.05) is 18.0 Å². The van der Waals surface area contributed by atoms with E-state index in [-0.39, 0.29) is 28.6 Å². The molecule has 2 amide bonds. The summed E-state index contributed by atoms with van der Waals surface area (Å²) in [6.45, 7) is 2.52. The van der Waals surface area contributed by atoms with E-state index in [0.29, 0.717) is 37.8 Å². The van der Waals surface area contributed by atoms with Gasteiger partial charge in [-0.3, -0.25) is 14.4 Å². The lowest BCUT2D eigenvalue weighted by Gasteiger charge is -2.58. The van der Waals surface area contributed by atoms with Crippen molar-refractivity contribution in [1.29, 1.82) is 0 Å². The summed E-state index contributed by atoms with van der Waals surface area (Å²) in [7, 11) is 0. The smallest absolute Gasteiger partial charge is 0.312 e. The molecule has 4 saturated carbocycles. The van der Waals surface area contributed by atoms with Crippen LogP contribution in [-0.2, 0) is 19.1 Å². The maximum Gasteiger partial charge on any atom is 0.312 e. The van der Waals surface area contributed by atoms with Crippen molar-refractivity contribution in [2.75, 3.05) is 13.1 Å². The van der Waals surface area contributed by atoms with Crippen LogP contribution in [-0.4, -0.2) is 46.8 Å². The van der Waals surface area contributed by atoms with Crippen molar-refractivity contribution in [1.82, 2.24) is 4.90 Å². The second-order valence-corrected chi connectivity index (χ2v) is 10.3. The molecule has 0 radical (unpaired) electrons. The van der Waals surface area contributed by atoms with Gasteiger partial charge in [-0.2, -0.15) is 0 Å². The second kappa shape index (κ2) is 6.64. The first kappa shape index (κ1) is 19.0. The number of piperidine rings is 1. The first-order valence-electron chi connectivity index (χ1n) is 10.2. The third kappa shape index (κ3) is 3.45. The second-order valence-electron chi connectivity index (χ2n) is 9.47. The molecule has 7 heteroatoms. The van der Waals surface area contributed by atoms with Crippen molar-refractivity contribution in [3.8, 4) is 0 Å². The first-order valence-corrected chi connectivity index (χ1v) is 10.6. The minimum absolute atomic E-state index is 0.236. The maximum absolute atomic E-state index is 13.1. The molecule has 0 aromatic carbocycles. The Bertz CT molecular complexity index is 652. The van der Waals surface area contributed by atoms with Crippen molar-refractivity contribution >= 4 is 29.4 Å². The molecule has 2 N–H and O–H groups in total. The van der Waals surface area contributed by atoms with Crippen LogP contribution < -0.4 is 5.73 Å². The van der Waals surface area contributed by atoms with E-state index in [0.717, 1.165) is 32.1 Å². The molecule has 1 saturated heterocycles. The van der Waals surface area contributed by atoms with Crippen LogP contribution in [0.2, 0.25) is 0 Å². The molecule has 0 unspecified atom stereocenters. The number of alkyl halides is 1. The van der Waals surface area contributed by atoms with Crippen molar-refractivity contribution in [2.24, 2.45) is 28.9 Å². The van der Waals surface area contributed by atoms with Crippen LogP contribution in [0.15, 0.2) is 0 Å². The summed E-state index contributed by atoms with van der Waals surface area (Å²) in [5, 5.41) is 0. The van der Waals surface area contributed by atoms with Crippen molar-refractivity contribution in [2.45, 2.75) is 69.3 Å². The fraction of sp³-hybridized carbons (Fsp3) is 0.850. The van der Waals surface area contributed by atoms with Gasteiger partial charge in [-0.15, -0.1) is 11.6 Å². The van der Waals surface area contributed by atoms with Gasteiger partial charge in [0.25, 0.3) is 5.91 Å². The standard InChI is InChI=1S/C20H29ClN2O4/c1-12(17(25)23-4-2-3-15(10-23)16(22)24)27-18(26)19-6-13-5-14(7-19)9-20(21,8-13)11-19/h12-15H,2-11H2,1H3,(H2,22,24)/t12-,13-,14-,15-,19?,20?/m1/s1. The summed E-state index contributed by atoms with van der Waals surface area (Å²) in [5.74, 6) is -0.185. The number of halogens is 1. The van der Waals surface area contributed by atoms with Crippen molar-refractivity contribution in [3.63, 3.8) is 0 Å². The number of hydrogen-bond donors (Lipinski definition) is 1. The Morgan fingerprint density at radius 1 is 1.19 bits per heavy atom. The van der Waals surface area contributed by atoms with Gasteiger partial charge in [0.1, 0.15) is 0 Å². The van der Waals surface area contributed by atoms with Gasteiger partial charge in [-0.05, 0) is 70.1 Å². The van der Waals surface area contributed by atoms with E-state index < -0.39 is 11.5 Å². The molecule has 5 rings (SSSR count). The van der Waals surface area contributed by atoms with Crippen LogP contribution in [0.5, 0.6) is 0 Å². The fourth-order valence-electron chi connectivity index (χ4n) is 6.39. The first-order chi connectivity index (χ1) is 12.7. The summed E-state index contributed by atoms with van der Waals surface area (Å²) < 4.78 is 5.69. The van der Waals surface area contributed by atoms with Gasteiger partial charge in [-0.25, -0.2) is 0 Å². The molecule has 4 atom stereocenters. The fourth-order valence-corrected chi connectivity index (χ4v) is 7.08. The lowest BCUT2D eigenvalue weighted by atomic mass is 9.49. The molecule has 0 aromatic rings. The van der Waals surface area contributed by atoms with Crippen molar-refractivity contribution in [3.05, 3.63) is 0 Å². The van der Waals surface area contributed by atoms with Gasteiger partial charge in [0.05, 0.1) is 11.3 Å². The molecule has 5 aliphatic rings. The third-order valence-corrected chi connectivity index (χ3v) is 7.63. The number of nitrogens with two attached hydrogens (primary N) is 1. The zero-order valence-electron chi connectivity index (χ0n) is 15.9. The van der Waals surface area contributed by atoms with Crippen LogP contribution in [0.3, 0.4) is 0 Å². The lowest BCUT2D eigenvalue weighted by molar-refractivity contribution is -0.179. The summed E-state index contributed by atoms with van der Waals surface area (Å²) in [6, 6.07) is 0. The van der Waals surface area contributed by atoms with Crippen LogP contribution in [0, 0.1) is 23.2 Å². The molecular formula is C20H29ClN2O4. The summed E-state index contributed by atoms with van der Waals surface area (Å²) >= 11 is 6.80. The molecule has 4 aliphatic carbocycles. The largest absolute Gasteiger partial charge is 0.452 e. The van der Waals surface area contributed by atoms with E-state index in [1.54, 1.807) is 11.8 Å². The Balaban J connectivity index is 1.41. The number of amides is 2. The van der Waals surface area contributed by atoms with Gasteiger partial charge in [-0.1, -0.05) is 0 Å². The SMILES string of the molecule is C[C@@H](OC(=O)C12C[C@H]3C[C@@H](CC(Cl)(C3)C1)C2)C(=O)N1CCC[C@@H](C(N)=O)C1. The van der Waals surface area contributed by atoms with E-state index in [1.807, 2.05) is 0 Å². The topological polar surface area (TPSA) is 89.7 Å². The predicted octanol–water partition coefficient (Wildman–Crippen LogP) is 2.22. The van der Waals surface area contributed by atoms with Gasteiger partial charge in [0.15, 0.2) is 6.10 Å². The predicted molar refractivity (Wildman–Crippen MR) is 99.8 cm³/mol. The average molecular weight is 397 g/mol. The average Bonchev–Trinajstić information content (AvgIpc) is 2.59. The maximum atomic E-state index is 13.1. The minimum atomic E-state index is -0.844. The number of carbonyl (C=O) groups is 3. The summed E-state index contributed by atoms with van der Waals surface area (Å²) in [6.07, 6.45) is 6.11. The van der Waals surface area contributed by atoms with E-state index in [1.165, 1.54) is 6.42 Å². The molecular weight excluding hydrogens is 368 g/mol. The monoisotopic (exact) mass is 396 g/mol. The Kier molecular flexibility index (Phi) is 4.68. The Morgan fingerprint density at radius 2 is 1.85 bits per heavy atom. The number of rotatable bonds is 4. The molecule has 0 spiro atoms. The van der Waals surface area contributed by atoms with Gasteiger partial charge in [0.2, 0.25) is 5.91 Å². The van der Waals surface area contributed by atoms with Crippen LogP contribution >= 0.6 is 11.6 Å². The van der Waals surface area contributed by atoms with Crippen LogP contribution in [0.25, 0.3) is 0 Å². The molecule has 0 aromatic heterocycles. The van der Waals surface area contributed by atoms with Crippen LogP contribution in [0.1, 0.15) is 58.3 Å². The number of hydrogen-bond acceptors (Lipinski definition) is 4. The van der Waals surface area contributed by atoms with E-state index in [4.69, 9.17) is 22.1 Å². The lowest BCUT2D eigenvalue weighted by Crippen LogP contribution is -2.57. The third-order valence-electron chi connectivity index (χ3n) is 7.19. The molecule has 5 fully saturated rings. The molecule has 6 nitrogen and oxygen atoms in total. The number of esters is 1. The van der Waals surface area contributed by atoms with Gasteiger partial charge >= 0.3 is 5.97 Å². The Morgan fingerprint density at radius 3 is 2.44 bits per heavy atom. The van der Waals surface area contributed by atoms with Gasteiger partial charge < -0.3 is 15.4 Å². The van der Waals surface area contributed by atoms with E-state index in [9.17, 15) is 14.4 Å². The quantitative estimate of drug-likeness (QED) is 0.582. The minimum Gasteiger partial charge on any atom is -0.452 e. The molecule has 1 heterocycles. The van der Waals surface area contributed by atoms with Crippen LogP contribution in [0.4, 0.5) is 0 Å². The number of carbonyl (C=O) groups excluding carboxylic acids is 3. The molecule has 27 heavy (non-hydrogen) atoms. The van der Waals surface area contributed by atoms with E-state index in [2.05, 4.69) is 0 Å². The molecule has 4 bridgehead atoms. The summed E-state index contributed by atoms with van der Waals surface area (Å²) in [4.78, 5) is 38.6. The molecule has 150 valence electrons. The highest BCUT2D eigenvalue weighted by molar-refractivity contribution is 6.24. The highest BCUT2D eigenvalue weighted by Gasteiger charge is 2.61. The Labute approximate surface area is 165 Å². The normalized spacial score (nSPS) is 41.3. The number of ether oxygens (including phenoxy) is 1. The highest BCUT2D eigenvalue weighted by Crippen LogP contribution is 2.64. The zero-order chi connectivity index (χ0) is 19.4. The molecule has 1 aliphatic heterocycles. The van der Waals surface area contributed by atoms with Crippen molar-refractivity contribution < 1.29 is 19.1 Å².